The summed E-state index contributed by atoms with van der Waals surface area (Å²) in [5.74, 6) is -2.18. The molecule has 1 aliphatic carbocycles. The van der Waals surface area contributed by atoms with Crippen molar-refractivity contribution in [3.8, 4) is 5.75 Å². The highest BCUT2D eigenvalue weighted by atomic mass is 19.1. The summed E-state index contributed by atoms with van der Waals surface area (Å²) < 4.78 is 35.9. The van der Waals surface area contributed by atoms with Crippen molar-refractivity contribution in [1.82, 2.24) is 4.57 Å². The lowest BCUT2D eigenvalue weighted by atomic mass is 10.1. The predicted octanol–water partition coefficient (Wildman–Crippen LogP) is 2.21. The molecular formula is C17H17F2N3O4. The molecule has 0 unspecified atom stereocenters. The van der Waals surface area contributed by atoms with E-state index in [-0.39, 0.29) is 28.7 Å². The summed E-state index contributed by atoms with van der Waals surface area (Å²) in [6, 6.07) is 0.706. The maximum absolute atomic E-state index is 15.3. The summed E-state index contributed by atoms with van der Waals surface area (Å²) in [5.41, 5.74) is 4.74. The zero-order valence-corrected chi connectivity index (χ0v) is 13.7. The summed E-state index contributed by atoms with van der Waals surface area (Å²) in [6.07, 6.45) is 1.66. The SMILES string of the molecule is N[C@H]1CCN(c2c(F)cc3c(=O)c(OC(=O)O)cn(C4CC4)c3c2F)C1. The molecule has 4 rings (SSSR count). The number of nitrogens with zero attached hydrogens (tertiary/aromatic N) is 2. The minimum atomic E-state index is -1.66. The Morgan fingerprint density at radius 1 is 1.31 bits per heavy atom. The molecule has 3 N–H and O–H groups in total. The number of hydrogen-bond donors (Lipinski definition) is 2. The normalized spacial score (nSPS) is 20.0. The molecule has 7 nitrogen and oxygen atoms in total. The lowest BCUT2D eigenvalue weighted by Crippen LogP contribution is -2.28. The number of rotatable bonds is 3. The molecule has 0 radical (unpaired) electrons. The van der Waals surface area contributed by atoms with Gasteiger partial charge in [0.2, 0.25) is 5.43 Å². The average molecular weight is 365 g/mol. The van der Waals surface area contributed by atoms with Crippen LogP contribution < -0.4 is 20.8 Å². The number of hydrogen-bond acceptors (Lipinski definition) is 5. The number of benzene rings is 1. The van der Waals surface area contributed by atoms with E-state index in [1.807, 2.05) is 0 Å². The predicted molar refractivity (Wildman–Crippen MR) is 89.9 cm³/mol. The maximum atomic E-state index is 15.3. The van der Waals surface area contributed by atoms with Gasteiger partial charge in [-0.3, -0.25) is 4.79 Å². The first-order chi connectivity index (χ1) is 12.4. The highest BCUT2D eigenvalue weighted by molar-refractivity contribution is 5.86. The van der Waals surface area contributed by atoms with Gasteiger partial charge in [-0.25, -0.2) is 13.6 Å². The van der Waals surface area contributed by atoms with E-state index in [0.717, 1.165) is 18.9 Å². The minimum Gasteiger partial charge on any atom is -0.449 e. The van der Waals surface area contributed by atoms with E-state index in [9.17, 15) is 14.0 Å². The summed E-state index contributed by atoms with van der Waals surface area (Å²) in [6.45, 7) is 0.752. The van der Waals surface area contributed by atoms with Gasteiger partial charge in [0, 0.05) is 25.2 Å². The van der Waals surface area contributed by atoms with Crippen LogP contribution in [-0.2, 0) is 0 Å². The molecular weight excluding hydrogens is 348 g/mol. The smallest absolute Gasteiger partial charge is 0.449 e. The van der Waals surface area contributed by atoms with Crippen LogP contribution in [0.1, 0.15) is 25.3 Å². The van der Waals surface area contributed by atoms with Crippen LogP contribution in [0.5, 0.6) is 5.75 Å². The Kier molecular flexibility index (Phi) is 3.83. The summed E-state index contributed by atoms with van der Waals surface area (Å²) in [5, 5.41) is 8.56. The van der Waals surface area contributed by atoms with Gasteiger partial charge in [-0.2, -0.15) is 0 Å². The molecule has 1 aromatic heterocycles. The largest absolute Gasteiger partial charge is 0.511 e. The van der Waals surface area contributed by atoms with Crippen LogP contribution in [0.25, 0.3) is 10.9 Å². The highest BCUT2D eigenvalue weighted by Gasteiger charge is 2.32. The van der Waals surface area contributed by atoms with E-state index in [0.29, 0.717) is 19.5 Å². The second-order valence-electron chi connectivity index (χ2n) is 6.74. The van der Waals surface area contributed by atoms with Crippen LogP contribution in [0.15, 0.2) is 17.1 Å². The van der Waals surface area contributed by atoms with Crippen molar-refractivity contribution in [3.63, 3.8) is 0 Å². The first-order valence-electron chi connectivity index (χ1n) is 8.35. The van der Waals surface area contributed by atoms with Crippen molar-refractivity contribution in [2.24, 2.45) is 5.73 Å². The molecule has 1 saturated carbocycles. The standard InChI is InChI=1S/C17H17F2N3O4/c18-11-5-10-14(13(19)15(11)21-4-3-8(20)6-21)22(9-1-2-9)7-12(16(10)23)26-17(24)25/h5,7-9H,1-4,6,20H2,(H,24,25)/t8-/m0/s1. The number of carbonyl (C=O) groups is 1. The zero-order valence-electron chi connectivity index (χ0n) is 13.7. The molecule has 1 aliphatic heterocycles. The van der Waals surface area contributed by atoms with Crippen LogP contribution in [0.2, 0.25) is 0 Å². The summed E-state index contributed by atoms with van der Waals surface area (Å²) in [7, 11) is 0. The zero-order chi connectivity index (χ0) is 18.6. The highest BCUT2D eigenvalue weighted by Crippen LogP contribution is 2.40. The molecule has 2 fully saturated rings. The van der Waals surface area contributed by atoms with Gasteiger partial charge in [0.1, 0.15) is 11.5 Å². The van der Waals surface area contributed by atoms with Gasteiger partial charge in [-0.05, 0) is 25.3 Å². The number of anilines is 1. The third-order valence-corrected chi connectivity index (χ3v) is 4.83. The Labute approximate surface area is 146 Å². The second-order valence-corrected chi connectivity index (χ2v) is 6.74. The number of nitrogens with two attached hydrogens (primary N) is 1. The monoisotopic (exact) mass is 365 g/mol. The Hall–Kier alpha value is -2.68. The van der Waals surface area contributed by atoms with Crippen molar-refractivity contribution in [3.05, 3.63) is 34.1 Å². The summed E-state index contributed by atoms with van der Waals surface area (Å²) >= 11 is 0. The number of halogens is 2. The number of carboxylic acid groups (broad SMARTS) is 1. The molecule has 9 heteroatoms. The van der Waals surface area contributed by atoms with Gasteiger partial charge in [0.15, 0.2) is 11.6 Å². The third kappa shape index (κ3) is 2.68. The van der Waals surface area contributed by atoms with E-state index in [2.05, 4.69) is 4.74 Å². The number of aromatic nitrogens is 1. The Morgan fingerprint density at radius 3 is 2.62 bits per heavy atom. The topological polar surface area (TPSA) is 97.8 Å². The Bertz CT molecular complexity index is 971. The molecule has 2 heterocycles. The van der Waals surface area contributed by atoms with Crippen molar-refractivity contribution in [2.75, 3.05) is 18.0 Å². The van der Waals surface area contributed by atoms with Gasteiger partial charge in [0.05, 0.1) is 17.1 Å². The first-order valence-corrected chi connectivity index (χ1v) is 8.35. The molecule has 0 amide bonds. The van der Waals surface area contributed by atoms with Crippen molar-refractivity contribution in [1.29, 1.82) is 0 Å². The lowest BCUT2D eigenvalue weighted by Gasteiger charge is -2.22. The summed E-state index contributed by atoms with van der Waals surface area (Å²) in [4.78, 5) is 24.8. The average Bonchev–Trinajstić information content (AvgIpc) is 3.32. The quantitative estimate of drug-likeness (QED) is 0.810. The van der Waals surface area contributed by atoms with Crippen LogP contribution in [0.3, 0.4) is 0 Å². The molecule has 2 aliphatic rings. The lowest BCUT2D eigenvalue weighted by molar-refractivity contribution is 0.143. The fourth-order valence-electron chi connectivity index (χ4n) is 3.49. The molecule has 26 heavy (non-hydrogen) atoms. The fourth-order valence-corrected chi connectivity index (χ4v) is 3.49. The molecule has 0 spiro atoms. The molecule has 138 valence electrons. The van der Waals surface area contributed by atoms with Gasteiger partial charge < -0.3 is 25.0 Å². The third-order valence-electron chi connectivity index (χ3n) is 4.83. The Balaban J connectivity index is 1.97. The minimum absolute atomic E-state index is 0.0351. The van der Waals surface area contributed by atoms with Crippen molar-refractivity contribution >= 4 is 22.7 Å². The van der Waals surface area contributed by atoms with Gasteiger partial charge >= 0.3 is 6.16 Å². The van der Waals surface area contributed by atoms with Crippen LogP contribution in [-0.4, -0.2) is 35.0 Å². The molecule has 0 bridgehead atoms. The van der Waals surface area contributed by atoms with Crippen molar-refractivity contribution in [2.45, 2.75) is 31.3 Å². The van der Waals surface area contributed by atoms with Crippen molar-refractivity contribution < 1.29 is 23.4 Å². The van der Waals surface area contributed by atoms with E-state index in [1.54, 1.807) is 0 Å². The first kappa shape index (κ1) is 16.8. The van der Waals surface area contributed by atoms with Gasteiger partial charge in [-0.15, -0.1) is 0 Å². The Morgan fingerprint density at radius 2 is 2.04 bits per heavy atom. The maximum Gasteiger partial charge on any atom is 0.511 e. The van der Waals surface area contributed by atoms with Crippen LogP contribution in [0.4, 0.5) is 19.3 Å². The van der Waals surface area contributed by atoms with E-state index in [4.69, 9.17) is 10.8 Å². The number of ether oxygens (including phenoxy) is 1. The van der Waals surface area contributed by atoms with Gasteiger partial charge in [-0.1, -0.05) is 0 Å². The van der Waals surface area contributed by atoms with Gasteiger partial charge in [0.25, 0.3) is 0 Å². The number of fused-ring (bicyclic) bond motifs is 1. The second kappa shape index (κ2) is 5.94. The molecule has 1 saturated heterocycles. The van der Waals surface area contributed by atoms with Crippen LogP contribution >= 0.6 is 0 Å². The van der Waals surface area contributed by atoms with E-state index >= 15 is 4.39 Å². The molecule has 1 atom stereocenters. The molecule has 1 aromatic carbocycles. The fraction of sp³-hybridized carbons (Fsp3) is 0.412. The number of pyridine rings is 1. The van der Waals surface area contributed by atoms with E-state index < -0.39 is 29.0 Å². The van der Waals surface area contributed by atoms with Crippen LogP contribution in [0, 0.1) is 11.6 Å². The van der Waals surface area contributed by atoms with E-state index in [1.165, 1.54) is 15.7 Å². The molecule has 2 aromatic rings.